The van der Waals surface area contributed by atoms with Crippen molar-refractivity contribution in [3.8, 4) is 11.5 Å². The summed E-state index contributed by atoms with van der Waals surface area (Å²) in [6, 6.07) is 13.8. The van der Waals surface area contributed by atoms with Crippen LogP contribution in [0.5, 0.6) is 11.5 Å². The lowest BCUT2D eigenvalue weighted by Crippen LogP contribution is -2.18. The highest BCUT2D eigenvalue weighted by Crippen LogP contribution is 2.31. The number of nitrogens with one attached hydrogen (secondary N) is 1. The zero-order chi connectivity index (χ0) is 15.2. The highest BCUT2D eigenvalue weighted by molar-refractivity contribution is 6.31. The van der Waals surface area contributed by atoms with Crippen LogP contribution in [0.15, 0.2) is 42.5 Å². The first-order valence-electron chi connectivity index (χ1n) is 6.93. The Hall–Kier alpha value is -1.71. The second kappa shape index (κ2) is 7.34. The van der Waals surface area contributed by atoms with Crippen molar-refractivity contribution in [3.05, 3.63) is 58.6 Å². The lowest BCUT2D eigenvalue weighted by Gasteiger charge is -2.19. The van der Waals surface area contributed by atoms with Crippen LogP contribution < -0.4 is 14.8 Å². The van der Waals surface area contributed by atoms with Crippen LogP contribution in [-0.2, 0) is 0 Å². The van der Waals surface area contributed by atoms with Gasteiger partial charge in [0.25, 0.3) is 0 Å². The molecular weight excluding hydrogens is 286 g/mol. The smallest absolute Gasteiger partial charge is 0.120 e. The van der Waals surface area contributed by atoms with E-state index in [-0.39, 0.29) is 6.04 Å². The van der Waals surface area contributed by atoms with E-state index >= 15 is 0 Å². The van der Waals surface area contributed by atoms with Crippen LogP contribution in [0.4, 0.5) is 0 Å². The predicted molar refractivity (Wildman–Crippen MR) is 86.5 cm³/mol. The Morgan fingerprint density at radius 2 is 1.76 bits per heavy atom. The Labute approximate surface area is 130 Å². The van der Waals surface area contributed by atoms with Gasteiger partial charge in [-0.2, -0.15) is 0 Å². The molecule has 0 aliphatic carbocycles. The van der Waals surface area contributed by atoms with Gasteiger partial charge >= 0.3 is 0 Å². The molecule has 0 heterocycles. The minimum atomic E-state index is 0.0269. The molecule has 0 radical (unpaired) electrons. The predicted octanol–water partition coefficient (Wildman–Crippen LogP) is 4.06. The molecule has 2 aromatic carbocycles. The summed E-state index contributed by atoms with van der Waals surface area (Å²) in [6.07, 6.45) is 0. The molecule has 112 valence electrons. The first-order valence-corrected chi connectivity index (χ1v) is 7.30. The van der Waals surface area contributed by atoms with Crippen LogP contribution in [0.2, 0.25) is 5.02 Å². The first kappa shape index (κ1) is 15.7. The van der Waals surface area contributed by atoms with E-state index in [0.717, 1.165) is 22.6 Å². The summed E-state index contributed by atoms with van der Waals surface area (Å²) in [5, 5.41) is 3.98. The number of halogens is 1. The molecule has 1 atom stereocenters. The van der Waals surface area contributed by atoms with Crippen molar-refractivity contribution in [2.24, 2.45) is 0 Å². The summed E-state index contributed by atoms with van der Waals surface area (Å²) in [7, 11) is 3.55. The van der Waals surface area contributed by atoms with Crippen LogP contribution >= 0.6 is 11.6 Å². The van der Waals surface area contributed by atoms with Gasteiger partial charge in [-0.05, 0) is 49.4 Å². The van der Waals surface area contributed by atoms with Gasteiger partial charge in [0, 0.05) is 5.02 Å². The Morgan fingerprint density at radius 3 is 2.29 bits per heavy atom. The standard InChI is InChI=1S/C17H20ClNO2/c1-4-21-13-7-5-12(6-8-13)17(19-2)15-10-9-14(20-3)11-16(15)18/h5-11,17,19H,4H2,1-3H3. The van der Waals surface area contributed by atoms with Crippen molar-refractivity contribution in [2.75, 3.05) is 20.8 Å². The van der Waals surface area contributed by atoms with Gasteiger partial charge in [0.2, 0.25) is 0 Å². The highest BCUT2D eigenvalue weighted by Gasteiger charge is 2.15. The van der Waals surface area contributed by atoms with Crippen molar-refractivity contribution in [2.45, 2.75) is 13.0 Å². The van der Waals surface area contributed by atoms with Crippen molar-refractivity contribution < 1.29 is 9.47 Å². The zero-order valence-corrected chi connectivity index (χ0v) is 13.3. The number of methoxy groups -OCH3 is 1. The molecule has 2 aromatic rings. The van der Waals surface area contributed by atoms with Gasteiger partial charge in [0.1, 0.15) is 11.5 Å². The Morgan fingerprint density at radius 1 is 1.10 bits per heavy atom. The lowest BCUT2D eigenvalue weighted by atomic mass is 9.98. The third-order valence-electron chi connectivity index (χ3n) is 3.33. The minimum Gasteiger partial charge on any atom is -0.497 e. The van der Waals surface area contributed by atoms with E-state index in [1.807, 2.05) is 56.4 Å². The Bertz CT molecular complexity index is 584. The lowest BCUT2D eigenvalue weighted by molar-refractivity contribution is 0.340. The van der Waals surface area contributed by atoms with E-state index in [1.165, 1.54) is 0 Å². The molecule has 0 saturated heterocycles. The van der Waals surface area contributed by atoms with Crippen LogP contribution in [0.1, 0.15) is 24.1 Å². The van der Waals surface area contributed by atoms with E-state index < -0.39 is 0 Å². The average Bonchev–Trinajstić information content (AvgIpc) is 2.51. The van der Waals surface area contributed by atoms with Crippen LogP contribution in [0, 0.1) is 0 Å². The molecule has 3 nitrogen and oxygen atoms in total. The molecule has 0 aliphatic heterocycles. The quantitative estimate of drug-likeness (QED) is 0.873. The maximum atomic E-state index is 6.37. The summed E-state index contributed by atoms with van der Waals surface area (Å²) in [6.45, 7) is 2.64. The maximum absolute atomic E-state index is 6.37. The van der Waals surface area contributed by atoms with E-state index in [9.17, 15) is 0 Å². The van der Waals surface area contributed by atoms with E-state index in [0.29, 0.717) is 11.6 Å². The molecule has 1 unspecified atom stereocenters. The van der Waals surface area contributed by atoms with Gasteiger partial charge in [0.15, 0.2) is 0 Å². The number of benzene rings is 2. The number of hydrogen-bond acceptors (Lipinski definition) is 3. The van der Waals surface area contributed by atoms with Gasteiger partial charge in [-0.15, -0.1) is 0 Å². The van der Waals surface area contributed by atoms with E-state index in [1.54, 1.807) is 7.11 Å². The Kier molecular flexibility index (Phi) is 5.48. The normalized spacial score (nSPS) is 12.0. The van der Waals surface area contributed by atoms with E-state index in [4.69, 9.17) is 21.1 Å². The molecule has 2 rings (SSSR count). The van der Waals surface area contributed by atoms with Gasteiger partial charge < -0.3 is 14.8 Å². The van der Waals surface area contributed by atoms with Gasteiger partial charge in [-0.3, -0.25) is 0 Å². The van der Waals surface area contributed by atoms with Crippen molar-refractivity contribution in [1.82, 2.24) is 5.32 Å². The van der Waals surface area contributed by atoms with Crippen LogP contribution in [0.25, 0.3) is 0 Å². The summed E-state index contributed by atoms with van der Waals surface area (Å²) >= 11 is 6.37. The van der Waals surface area contributed by atoms with Crippen molar-refractivity contribution >= 4 is 11.6 Å². The van der Waals surface area contributed by atoms with Gasteiger partial charge in [-0.1, -0.05) is 29.8 Å². The molecule has 0 bridgehead atoms. The molecule has 0 fully saturated rings. The fraction of sp³-hybridized carbons (Fsp3) is 0.294. The summed E-state index contributed by atoms with van der Waals surface area (Å²) in [4.78, 5) is 0. The second-order valence-electron chi connectivity index (χ2n) is 4.61. The molecular formula is C17H20ClNO2. The summed E-state index contributed by atoms with van der Waals surface area (Å²) < 4.78 is 10.7. The highest BCUT2D eigenvalue weighted by atomic mass is 35.5. The first-order chi connectivity index (χ1) is 10.2. The molecule has 0 aliphatic rings. The molecule has 0 amide bonds. The number of hydrogen-bond donors (Lipinski definition) is 1. The van der Waals surface area contributed by atoms with Crippen molar-refractivity contribution in [1.29, 1.82) is 0 Å². The van der Waals surface area contributed by atoms with Crippen LogP contribution in [-0.4, -0.2) is 20.8 Å². The largest absolute Gasteiger partial charge is 0.497 e. The number of ether oxygens (including phenoxy) is 2. The van der Waals surface area contributed by atoms with Crippen LogP contribution in [0.3, 0.4) is 0 Å². The third kappa shape index (κ3) is 3.69. The maximum Gasteiger partial charge on any atom is 0.120 e. The molecule has 1 N–H and O–H groups in total. The summed E-state index contributed by atoms with van der Waals surface area (Å²) in [5.41, 5.74) is 2.15. The van der Waals surface area contributed by atoms with E-state index in [2.05, 4.69) is 5.32 Å². The molecule has 0 spiro atoms. The third-order valence-corrected chi connectivity index (χ3v) is 3.66. The monoisotopic (exact) mass is 305 g/mol. The summed E-state index contributed by atoms with van der Waals surface area (Å²) in [5.74, 6) is 1.63. The SMILES string of the molecule is CCOc1ccc(C(NC)c2ccc(OC)cc2Cl)cc1. The second-order valence-corrected chi connectivity index (χ2v) is 5.02. The molecule has 0 saturated carbocycles. The molecule has 0 aromatic heterocycles. The Balaban J connectivity index is 2.30. The fourth-order valence-electron chi connectivity index (χ4n) is 2.29. The zero-order valence-electron chi connectivity index (χ0n) is 12.5. The fourth-order valence-corrected chi connectivity index (χ4v) is 2.57. The topological polar surface area (TPSA) is 30.5 Å². The molecule has 4 heteroatoms. The van der Waals surface area contributed by atoms with Gasteiger partial charge in [-0.25, -0.2) is 0 Å². The minimum absolute atomic E-state index is 0.0269. The van der Waals surface area contributed by atoms with Gasteiger partial charge in [0.05, 0.1) is 19.8 Å². The average molecular weight is 306 g/mol. The number of rotatable bonds is 6. The molecule has 21 heavy (non-hydrogen) atoms. The van der Waals surface area contributed by atoms with Crippen molar-refractivity contribution in [3.63, 3.8) is 0 Å².